The maximum absolute atomic E-state index is 12.7. The summed E-state index contributed by atoms with van der Waals surface area (Å²) in [5, 5.41) is 5.89. The zero-order valence-corrected chi connectivity index (χ0v) is 21.4. The molecular formula is C29H32N2O6. The van der Waals surface area contributed by atoms with Gasteiger partial charge in [-0.05, 0) is 68.0 Å². The van der Waals surface area contributed by atoms with Crippen LogP contribution >= 0.6 is 0 Å². The molecule has 1 aliphatic heterocycles. The zero-order valence-electron chi connectivity index (χ0n) is 21.4. The highest BCUT2D eigenvalue weighted by molar-refractivity contribution is 5.86. The molecule has 0 radical (unpaired) electrons. The molecule has 3 aromatic rings. The van der Waals surface area contributed by atoms with Gasteiger partial charge in [0, 0.05) is 5.56 Å². The number of methoxy groups -OCH3 is 1. The molecule has 0 bridgehead atoms. The number of hydrogen-bond acceptors (Lipinski definition) is 6. The largest absolute Gasteiger partial charge is 0.493 e. The average molecular weight is 505 g/mol. The first-order chi connectivity index (χ1) is 17.9. The molecule has 8 heteroatoms. The second-order valence-electron chi connectivity index (χ2n) is 9.84. The van der Waals surface area contributed by atoms with E-state index in [1.807, 2.05) is 61.5 Å². The smallest absolute Gasteiger partial charge is 0.444 e. The van der Waals surface area contributed by atoms with Gasteiger partial charge in [0.15, 0.2) is 17.1 Å². The van der Waals surface area contributed by atoms with Crippen molar-refractivity contribution < 1.29 is 28.6 Å². The summed E-state index contributed by atoms with van der Waals surface area (Å²) in [5.41, 5.74) is 0.653. The Balaban J connectivity index is 1.27. The highest BCUT2D eigenvalue weighted by Crippen LogP contribution is 2.39. The van der Waals surface area contributed by atoms with E-state index in [9.17, 15) is 9.59 Å². The highest BCUT2D eigenvalue weighted by Gasteiger charge is 2.45. The Kier molecular flexibility index (Phi) is 6.82. The first-order valence-corrected chi connectivity index (χ1v) is 12.7. The molecule has 1 aliphatic carbocycles. The van der Waals surface area contributed by atoms with Gasteiger partial charge in [0.1, 0.15) is 6.54 Å². The SMILES string of the molecule is COc1ccc([C@]2(C)CN(OC(=O)N[C@H](C)c3cccc4ccccc34)C(=O)O2)cc1OC1CCCC1. The fraction of sp³-hybridized carbons (Fsp3) is 0.379. The summed E-state index contributed by atoms with van der Waals surface area (Å²) in [6.45, 7) is 3.70. The fourth-order valence-electron chi connectivity index (χ4n) is 5.13. The van der Waals surface area contributed by atoms with Crippen molar-refractivity contribution in [3.8, 4) is 11.5 Å². The van der Waals surface area contributed by atoms with Crippen LogP contribution in [0, 0.1) is 0 Å². The number of rotatable bonds is 7. The number of nitrogens with zero attached hydrogens (tertiary/aromatic N) is 1. The van der Waals surface area contributed by atoms with Crippen molar-refractivity contribution in [3.63, 3.8) is 0 Å². The molecule has 1 N–H and O–H groups in total. The lowest BCUT2D eigenvalue weighted by Crippen LogP contribution is -2.37. The van der Waals surface area contributed by atoms with Crippen molar-refractivity contribution >= 4 is 23.0 Å². The van der Waals surface area contributed by atoms with Crippen LogP contribution in [0.2, 0.25) is 0 Å². The van der Waals surface area contributed by atoms with Gasteiger partial charge < -0.3 is 24.4 Å². The summed E-state index contributed by atoms with van der Waals surface area (Å²) in [7, 11) is 1.60. The first kappa shape index (κ1) is 24.7. The summed E-state index contributed by atoms with van der Waals surface area (Å²) in [6, 6.07) is 19.0. The summed E-state index contributed by atoms with van der Waals surface area (Å²) < 4.78 is 17.4. The number of amides is 2. The lowest BCUT2D eigenvalue weighted by Gasteiger charge is -2.24. The molecule has 2 amide bonds. The van der Waals surface area contributed by atoms with Gasteiger partial charge in [-0.2, -0.15) is 0 Å². The normalized spacial score (nSPS) is 20.5. The van der Waals surface area contributed by atoms with Crippen molar-refractivity contribution in [3.05, 3.63) is 71.8 Å². The van der Waals surface area contributed by atoms with Gasteiger partial charge in [0.25, 0.3) is 0 Å². The van der Waals surface area contributed by atoms with Crippen molar-refractivity contribution in [2.24, 2.45) is 0 Å². The van der Waals surface area contributed by atoms with E-state index >= 15 is 0 Å². The lowest BCUT2D eigenvalue weighted by atomic mass is 9.96. The van der Waals surface area contributed by atoms with Crippen LogP contribution in [-0.2, 0) is 15.2 Å². The Labute approximate surface area is 216 Å². The monoisotopic (exact) mass is 504 g/mol. The first-order valence-electron chi connectivity index (χ1n) is 12.7. The molecule has 2 atom stereocenters. The van der Waals surface area contributed by atoms with Gasteiger partial charge in [-0.1, -0.05) is 48.5 Å². The molecule has 1 heterocycles. The minimum absolute atomic E-state index is 0.0388. The van der Waals surface area contributed by atoms with E-state index < -0.39 is 17.8 Å². The fourth-order valence-corrected chi connectivity index (χ4v) is 5.13. The molecule has 2 fully saturated rings. The van der Waals surface area contributed by atoms with Gasteiger partial charge >= 0.3 is 12.2 Å². The molecule has 37 heavy (non-hydrogen) atoms. The summed E-state index contributed by atoms with van der Waals surface area (Å²) in [5.74, 6) is 1.24. The van der Waals surface area contributed by atoms with Gasteiger partial charge in [-0.15, -0.1) is 5.06 Å². The lowest BCUT2D eigenvalue weighted by molar-refractivity contribution is -0.0508. The number of cyclic esters (lactones) is 1. The third-order valence-electron chi connectivity index (χ3n) is 7.15. The Morgan fingerprint density at radius 1 is 1.08 bits per heavy atom. The molecule has 1 saturated heterocycles. The van der Waals surface area contributed by atoms with Gasteiger partial charge in [0.2, 0.25) is 0 Å². The summed E-state index contributed by atoms with van der Waals surface area (Å²) in [6.07, 6.45) is 2.99. The van der Waals surface area contributed by atoms with E-state index in [0.717, 1.165) is 52.6 Å². The standard InChI is InChI=1S/C29H32N2O6/c1-19(23-14-8-10-20-9-4-7-13-24(20)23)30-27(32)37-31-18-29(2,36-28(31)33)21-15-16-25(34-3)26(17-21)35-22-11-5-6-12-22/h4,7-10,13-17,19,22H,5-6,11-12,18H2,1-3H3,(H,30,32)/t19-,29+/m1/s1. The number of hydroxylamine groups is 2. The number of benzene rings is 3. The number of hydrogen-bond donors (Lipinski definition) is 1. The molecule has 194 valence electrons. The number of ether oxygens (including phenoxy) is 3. The van der Waals surface area contributed by atoms with Gasteiger partial charge in [-0.25, -0.2) is 9.59 Å². The Bertz CT molecular complexity index is 1300. The second-order valence-corrected chi connectivity index (χ2v) is 9.84. The second kappa shape index (κ2) is 10.2. The average Bonchev–Trinajstić information content (AvgIpc) is 3.51. The van der Waals surface area contributed by atoms with E-state index in [1.165, 1.54) is 0 Å². The third kappa shape index (κ3) is 5.14. The van der Waals surface area contributed by atoms with E-state index in [2.05, 4.69) is 5.32 Å². The maximum Gasteiger partial charge on any atom is 0.444 e. The van der Waals surface area contributed by atoms with Crippen LogP contribution in [0.3, 0.4) is 0 Å². The molecule has 1 saturated carbocycles. The van der Waals surface area contributed by atoms with Crippen LogP contribution < -0.4 is 14.8 Å². The molecule has 0 spiro atoms. The number of nitrogens with one attached hydrogen (secondary N) is 1. The van der Waals surface area contributed by atoms with Crippen LogP contribution in [0.15, 0.2) is 60.7 Å². The van der Waals surface area contributed by atoms with Crippen molar-refractivity contribution in [1.29, 1.82) is 0 Å². The van der Waals surface area contributed by atoms with Crippen LogP contribution in [0.4, 0.5) is 9.59 Å². The summed E-state index contributed by atoms with van der Waals surface area (Å²) >= 11 is 0. The minimum atomic E-state index is -1.03. The molecule has 2 aliphatic rings. The number of carbonyl (C=O) groups excluding carboxylic acids is 2. The van der Waals surface area contributed by atoms with E-state index in [-0.39, 0.29) is 18.7 Å². The number of carbonyl (C=O) groups is 2. The van der Waals surface area contributed by atoms with Gasteiger partial charge in [-0.3, -0.25) is 0 Å². The molecular weight excluding hydrogens is 472 g/mol. The maximum atomic E-state index is 12.7. The van der Waals surface area contributed by atoms with Crippen molar-refractivity contribution in [1.82, 2.24) is 10.4 Å². The quantitative estimate of drug-likeness (QED) is 0.410. The minimum Gasteiger partial charge on any atom is -0.493 e. The number of fused-ring (bicyclic) bond motifs is 1. The Morgan fingerprint density at radius 3 is 2.62 bits per heavy atom. The predicted octanol–water partition coefficient (Wildman–Crippen LogP) is 6.24. The Hall–Kier alpha value is -3.94. The van der Waals surface area contributed by atoms with E-state index in [0.29, 0.717) is 11.5 Å². The summed E-state index contributed by atoms with van der Waals surface area (Å²) in [4.78, 5) is 30.8. The van der Waals surface area contributed by atoms with E-state index in [4.69, 9.17) is 19.0 Å². The molecule has 0 unspecified atom stereocenters. The topological polar surface area (TPSA) is 86.3 Å². The van der Waals surface area contributed by atoms with Gasteiger partial charge in [0.05, 0.1) is 19.3 Å². The van der Waals surface area contributed by atoms with Crippen molar-refractivity contribution in [2.75, 3.05) is 13.7 Å². The predicted molar refractivity (Wildman–Crippen MR) is 138 cm³/mol. The third-order valence-corrected chi connectivity index (χ3v) is 7.15. The Morgan fingerprint density at radius 2 is 1.84 bits per heavy atom. The molecule has 3 aromatic carbocycles. The molecule has 5 rings (SSSR count). The van der Waals surface area contributed by atoms with Crippen LogP contribution in [0.1, 0.15) is 56.7 Å². The van der Waals surface area contributed by atoms with Crippen LogP contribution in [0.25, 0.3) is 10.8 Å². The van der Waals surface area contributed by atoms with Crippen LogP contribution in [0.5, 0.6) is 11.5 Å². The van der Waals surface area contributed by atoms with Crippen molar-refractivity contribution in [2.45, 2.75) is 57.3 Å². The highest BCUT2D eigenvalue weighted by atomic mass is 16.8. The van der Waals surface area contributed by atoms with E-state index in [1.54, 1.807) is 20.1 Å². The molecule has 0 aromatic heterocycles. The zero-order chi connectivity index (χ0) is 26.0. The molecule has 8 nitrogen and oxygen atoms in total. The van der Waals surface area contributed by atoms with Crippen LogP contribution in [-0.4, -0.2) is 37.0 Å².